The van der Waals surface area contributed by atoms with Crippen molar-refractivity contribution >= 4 is 23.8 Å². The number of amides is 2. The van der Waals surface area contributed by atoms with Crippen molar-refractivity contribution in [3.8, 4) is 0 Å². The molecule has 244 valence electrons. The second-order valence-corrected chi connectivity index (χ2v) is 14.0. The predicted octanol–water partition coefficient (Wildman–Crippen LogP) is 3.66. The first kappa shape index (κ1) is 33.6. The van der Waals surface area contributed by atoms with Crippen molar-refractivity contribution in [3.63, 3.8) is 0 Å². The molecule has 5 aliphatic rings. The number of carbonyl (C=O) groups is 4. The van der Waals surface area contributed by atoms with E-state index in [4.69, 9.17) is 24.0 Å². The topological polar surface area (TPSA) is 159 Å². The number of ether oxygens (including phenoxy) is 3. The molecule has 5 rings (SSSR count). The maximum Gasteiger partial charge on any atom is 0.326 e. The number of hydrogen-bond donors (Lipinski definition) is 3. The average molecular weight is 611 g/mol. The third kappa shape index (κ3) is 7.34. The van der Waals surface area contributed by atoms with Crippen LogP contribution in [-0.2, 0) is 43.2 Å². The Morgan fingerprint density at radius 3 is 2.23 bits per heavy atom. The number of fused-ring (bicyclic) bond motifs is 2. The van der Waals surface area contributed by atoms with E-state index in [0.717, 1.165) is 19.3 Å². The molecule has 1 spiro atoms. The zero-order valence-electron chi connectivity index (χ0n) is 26.6. The summed E-state index contributed by atoms with van der Waals surface area (Å²) in [6.45, 7) is 13.6. The first-order valence-corrected chi connectivity index (χ1v) is 15.9. The van der Waals surface area contributed by atoms with E-state index >= 15 is 0 Å². The van der Waals surface area contributed by atoms with Crippen molar-refractivity contribution in [1.29, 1.82) is 0 Å². The van der Waals surface area contributed by atoms with Crippen LogP contribution < -0.4 is 10.6 Å². The van der Waals surface area contributed by atoms with Crippen LogP contribution in [0.2, 0.25) is 0 Å². The summed E-state index contributed by atoms with van der Waals surface area (Å²) in [5, 5.41) is 14.7. The Labute approximate surface area is 254 Å². The monoisotopic (exact) mass is 610 g/mol. The Hall–Kier alpha value is -2.28. The predicted molar refractivity (Wildman–Crippen MR) is 153 cm³/mol. The Morgan fingerprint density at radius 2 is 1.58 bits per heavy atom. The van der Waals surface area contributed by atoms with Crippen molar-refractivity contribution in [2.75, 3.05) is 0 Å². The normalized spacial score (nSPS) is 36.3. The first-order chi connectivity index (χ1) is 20.1. The Kier molecular flexibility index (Phi) is 10.5. The highest BCUT2D eigenvalue weighted by Crippen LogP contribution is 2.60. The van der Waals surface area contributed by atoms with E-state index < -0.39 is 59.8 Å². The number of esters is 1. The molecule has 3 N–H and O–H groups in total. The fourth-order valence-corrected chi connectivity index (χ4v) is 7.35. The van der Waals surface area contributed by atoms with Gasteiger partial charge >= 0.3 is 11.9 Å². The lowest BCUT2D eigenvalue weighted by molar-refractivity contribution is -0.576. The molecule has 0 aromatic carbocycles. The van der Waals surface area contributed by atoms with Gasteiger partial charge in [-0.05, 0) is 62.7 Å². The summed E-state index contributed by atoms with van der Waals surface area (Å²) in [7, 11) is 0. The molecule has 12 heteroatoms. The third-order valence-corrected chi connectivity index (χ3v) is 9.58. The van der Waals surface area contributed by atoms with E-state index in [9.17, 15) is 24.3 Å². The second-order valence-electron chi connectivity index (χ2n) is 14.0. The van der Waals surface area contributed by atoms with Crippen molar-refractivity contribution in [2.24, 2.45) is 35.5 Å². The molecule has 12 nitrogen and oxygen atoms in total. The molecule has 2 bridgehead atoms. The van der Waals surface area contributed by atoms with Gasteiger partial charge in [0.15, 0.2) is 11.9 Å². The van der Waals surface area contributed by atoms with Crippen molar-refractivity contribution < 1.29 is 48.3 Å². The van der Waals surface area contributed by atoms with E-state index in [1.807, 2.05) is 41.5 Å². The maximum absolute atomic E-state index is 12.9. The summed E-state index contributed by atoms with van der Waals surface area (Å²) in [5.74, 6) is -3.21. The molecule has 1 aliphatic carbocycles. The summed E-state index contributed by atoms with van der Waals surface area (Å²) in [4.78, 5) is 62.3. The molecule has 4 aliphatic heterocycles. The van der Waals surface area contributed by atoms with Crippen LogP contribution in [0.4, 0.5) is 0 Å². The van der Waals surface area contributed by atoms with Gasteiger partial charge in [0.2, 0.25) is 23.9 Å². The van der Waals surface area contributed by atoms with Crippen LogP contribution in [0.1, 0.15) is 99.8 Å². The lowest BCUT2D eigenvalue weighted by Crippen LogP contribution is -2.70. The summed E-state index contributed by atoms with van der Waals surface area (Å²) in [5.41, 5.74) is -0.767. The second kappa shape index (κ2) is 13.4. The molecule has 0 radical (unpaired) electrons. The van der Waals surface area contributed by atoms with E-state index in [-0.39, 0.29) is 48.9 Å². The smallest absolute Gasteiger partial charge is 0.326 e. The van der Waals surface area contributed by atoms with E-state index in [1.54, 1.807) is 0 Å². The molecular formula is C31H50N2O10. The van der Waals surface area contributed by atoms with Gasteiger partial charge in [-0.3, -0.25) is 14.4 Å². The van der Waals surface area contributed by atoms with E-state index in [0.29, 0.717) is 18.8 Å². The fourth-order valence-electron chi connectivity index (χ4n) is 7.35. The quantitative estimate of drug-likeness (QED) is 0.220. The van der Waals surface area contributed by atoms with Crippen LogP contribution in [0.3, 0.4) is 0 Å². The zero-order chi connectivity index (χ0) is 31.7. The van der Waals surface area contributed by atoms with Gasteiger partial charge in [-0.1, -0.05) is 41.5 Å². The van der Waals surface area contributed by atoms with E-state index in [2.05, 4.69) is 17.6 Å². The van der Waals surface area contributed by atoms with Crippen molar-refractivity contribution in [2.45, 2.75) is 136 Å². The molecule has 0 aromatic heterocycles. The number of carboxylic acids is 1. The van der Waals surface area contributed by atoms with Gasteiger partial charge in [0.05, 0.1) is 6.42 Å². The molecule has 10 atom stereocenters. The standard InChI is InChI=1S/C31H50N2O10/c1-16(2)14-22(26(36)33-23(27(37)38)15-17(3)4)32-24(34)10-11-25(35)39-28-19(6)21-9-8-18(5)20-12-13-30(7)41-29(40-28)31(20,21)43-42-30/h16-23,28-29H,8-15H2,1-7H3,(H,32,34)(H,33,36)(H,37,38)/t18-,19?,20+,21?,22?,23?,28?,29+,30?,31?/m1/s1. The first-order valence-electron chi connectivity index (χ1n) is 15.9. The summed E-state index contributed by atoms with van der Waals surface area (Å²) in [6.07, 6.45) is 2.01. The fraction of sp³-hybridized carbons (Fsp3) is 0.871. The Morgan fingerprint density at radius 1 is 0.907 bits per heavy atom. The maximum atomic E-state index is 12.9. The molecule has 5 fully saturated rings. The SMILES string of the molecule is CC(C)CC(NC(=O)C(CC(C)C)NC(=O)CCC(=O)OC1O[C@H]2OC3(C)CC[C@H]4[C@H](C)CCC(C1C)C24OO3)C(=O)O. The minimum absolute atomic E-state index is 0.00294. The highest BCUT2D eigenvalue weighted by Gasteiger charge is 2.69. The van der Waals surface area contributed by atoms with Crippen LogP contribution in [0, 0.1) is 35.5 Å². The summed E-state index contributed by atoms with van der Waals surface area (Å²) < 4.78 is 18.4. The molecular weight excluding hydrogens is 560 g/mol. The molecule has 1 saturated carbocycles. The molecule has 2 amide bonds. The average Bonchev–Trinajstić information content (AvgIpc) is 3.14. The Bertz CT molecular complexity index is 1050. The lowest BCUT2D eigenvalue weighted by atomic mass is 9.58. The van der Waals surface area contributed by atoms with Gasteiger partial charge in [0.25, 0.3) is 0 Å². The number of aliphatic carboxylic acids is 1. The molecule has 43 heavy (non-hydrogen) atoms. The van der Waals surface area contributed by atoms with Crippen LogP contribution in [0.25, 0.3) is 0 Å². The van der Waals surface area contributed by atoms with Crippen LogP contribution in [-0.4, -0.2) is 64.9 Å². The van der Waals surface area contributed by atoms with Gasteiger partial charge in [0.1, 0.15) is 12.1 Å². The molecule has 0 aromatic rings. The van der Waals surface area contributed by atoms with Gasteiger partial charge in [-0.15, -0.1) is 0 Å². The minimum Gasteiger partial charge on any atom is -0.480 e. The number of carbonyl (C=O) groups excluding carboxylic acids is 3. The highest BCUT2D eigenvalue weighted by molar-refractivity contribution is 5.91. The van der Waals surface area contributed by atoms with Crippen LogP contribution >= 0.6 is 0 Å². The van der Waals surface area contributed by atoms with Gasteiger partial charge < -0.3 is 30.0 Å². The van der Waals surface area contributed by atoms with Crippen LogP contribution in [0.15, 0.2) is 0 Å². The van der Waals surface area contributed by atoms with Crippen molar-refractivity contribution in [3.05, 3.63) is 0 Å². The number of carboxylic acid groups (broad SMARTS) is 1. The zero-order valence-corrected chi connectivity index (χ0v) is 26.6. The molecule has 4 heterocycles. The van der Waals surface area contributed by atoms with Crippen LogP contribution in [0.5, 0.6) is 0 Å². The summed E-state index contributed by atoms with van der Waals surface area (Å²) >= 11 is 0. The Balaban J connectivity index is 1.34. The van der Waals surface area contributed by atoms with E-state index in [1.165, 1.54) is 0 Å². The van der Waals surface area contributed by atoms with Crippen molar-refractivity contribution in [1.82, 2.24) is 10.6 Å². The highest BCUT2D eigenvalue weighted by atomic mass is 17.3. The van der Waals surface area contributed by atoms with Gasteiger partial charge in [-0.2, -0.15) is 0 Å². The van der Waals surface area contributed by atoms with Gasteiger partial charge in [0, 0.05) is 24.7 Å². The third-order valence-electron chi connectivity index (χ3n) is 9.58. The minimum atomic E-state index is -1.13. The summed E-state index contributed by atoms with van der Waals surface area (Å²) in [6, 6.07) is -1.98. The number of rotatable bonds is 12. The molecule has 7 unspecified atom stereocenters. The number of nitrogens with one attached hydrogen (secondary N) is 2. The number of hydrogen-bond acceptors (Lipinski definition) is 9. The van der Waals surface area contributed by atoms with Gasteiger partial charge in [-0.25, -0.2) is 14.6 Å². The molecule has 4 saturated heterocycles. The lowest BCUT2D eigenvalue weighted by Gasteiger charge is -2.59. The largest absolute Gasteiger partial charge is 0.480 e.